The van der Waals surface area contributed by atoms with Gasteiger partial charge in [0.15, 0.2) is 5.78 Å². The lowest BCUT2D eigenvalue weighted by Crippen LogP contribution is -2.37. The first-order valence-electron chi connectivity index (χ1n) is 6.41. The average Bonchev–Trinajstić information content (AvgIpc) is 2.81. The van der Waals surface area contributed by atoms with Gasteiger partial charge in [0.2, 0.25) is 0 Å². The zero-order valence-corrected chi connectivity index (χ0v) is 11.5. The van der Waals surface area contributed by atoms with Gasteiger partial charge in [0, 0.05) is 11.6 Å². The minimum absolute atomic E-state index is 0.0594. The molecule has 2 unspecified atom stereocenters. The highest BCUT2D eigenvalue weighted by Gasteiger charge is 2.34. The fourth-order valence-electron chi connectivity index (χ4n) is 2.52. The van der Waals surface area contributed by atoms with E-state index in [1.165, 1.54) is 11.1 Å². The minimum atomic E-state index is -0.0594. The molecule has 1 aromatic rings. The molecule has 1 heterocycles. The lowest BCUT2D eigenvalue weighted by atomic mass is 9.89. The molecule has 0 bridgehead atoms. The first-order chi connectivity index (χ1) is 8.54. The summed E-state index contributed by atoms with van der Waals surface area (Å²) in [4.78, 5) is 12.6. The van der Waals surface area contributed by atoms with Crippen molar-refractivity contribution in [2.24, 2.45) is 5.92 Å². The van der Waals surface area contributed by atoms with Crippen molar-refractivity contribution in [2.75, 3.05) is 20.3 Å². The third-order valence-electron chi connectivity index (χ3n) is 3.89. The summed E-state index contributed by atoms with van der Waals surface area (Å²) in [7, 11) is 1.88. The van der Waals surface area contributed by atoms with Crippen molar-refractivity contribution >= 4 is 5.78 Å². The van der Waals surface area contributed by atoms with Gasteiger partial charge in [-0.2, -0.15) is 0 Å². The number of likely N-dealkylation sites (N-methyl/N-ethyl adjacent to an activating group) is 1. The number of hydrogen-bond acceptors (Lipinski definition) is 3. The van der Waals surface area contributed by atoms with Crippen molar-refractivity contribution in [3.05, 3.63) is 34.4 Å². The molecule has 1 aromatic carbocycles. The molecule has 2 atom stereocenters. The number of carbonyl (C=O) groups excluding carboxylic acids is 1. The molecule has 0 aromatic heterocycles. The molecular formula is C15H21NO2. The summed E-state index contributed by atoms with van der Waals surface area (Å²) in [6, 6.07) is 4.24. The molecule has 3 heteroatoms. The van der Waals surface area contributed by atoms with E-state index in [9.17, 15) is 4.79 Å². The van der Waals surface area contributed by atoms with Crippen LogP contribution in [0.25, 0.3) is 0 Å². The number of rotatable bonds is 3. The lowest BCUT2D eigenvalue weighted by molar-refractivity contribution is 0.0891. The highest BCUT2D eigenvalue weighted by molar-refractivity contribution is 6.00. The maximum Gasteiger partial charge on any atom is 0.170 e. The van der Waals surface area contributed by atoms with Gasteiger partial charge in [-0.15, -0.1) is 0 Å². The van der Waals surface area contributed by atoms with Crippen LogP contribution < -0.4 is 5.32 Å². The quantitative estimate of drug-likeness (QED) is 0.831. The number of aryl methyl sites for hydroxylation is 3. The molecule has 0 amide bonds. The van der Waals surface area contributed by atoms with Crippen LogP contribution in [0.5, 0.6) is 0 Å². The molecule has 1 aliphatic heterocycles. The molecule has 3 nitrogen and oxygen atoms in total. The van der Waals surface area contributed by atoms with Crippen molar-refractivity contribution < 1.29 is 9.53 Å². The van der Waals surface area contributed by atoms with Gasteiger partial charge >= 0.3 is 0 Å². The highest BCUT2D eigenvalue weighted by atomic mass is 16.5. The lowest BCUT2D eigenvalue weighted by Gasteiger charge is -2.17. The van der Waals surface area contributed by atoms with Crippen molar-refractivity contribution in [2.45, 2.75) is 26.8 Å². The largest absolute Gasteiger partial charge is 0.379 e. The summed E-state index contributed by atoms with van der Waals surface area (Å²) in [5.74, 6) is 0.142. The molecule has 0 radical (unpaired) electrons. The number of ether oxygens (including phenoxy) is 1. The molecule has 1 fully saturated rings. The number of benzene rings is 1. The Morgan fingerprint density at radius 3 is 2.50 bits per heavy atom. The summed E-state index contributed by atoms with van der Waals surface area (Å²) in [6.07, 6.45) is 0. The third-order valence-corrected chi connectivity index (χ3v) is 3.89. The van der Waals surface area contributed by atoms with Gasteiger partial charge in [-0.3, -0.25) is 4.79 Å². The van der Waals surface area contributed by atoms with Gasteiger partial charge in [-0.25, -0.2) is 0 Å². The monoisotopic (exact) mass is 247 g/mol. The predicted octanol–water partition coefficient (Wildman–Crippen LogP) is 2.03. The van der Waals surface area contributed by atoms with Crippen LogP contribution in [0, 0.1) is 26.7 Å². The number of carbonyl (C=O) groups is 1. The van der Waals surface area contributed by atoms with Gasteiger partial charge in [0.1, 0.15) is 0 Å². The van der Waals surface area contributed by atoms with Gasteiger partial charge in [0.25, 0.3) is 0 Å². The molecule has 18 heavy (non-hydrogen) atoms. The second-order valence-electron chi connectivity index (χ2n) is 5.15. The van der Waals surface area contributed by atoms with Gasteiger partial charge in [-0.1, -0.05) is 6.07 Å². The maximum absolute atomic E-state index is 12.6. The van der Waals surface area contributed by atoms with Crippen LogP contribution in [-0.4, -0.2) is 32.1 Å². The standard InChI is InChI=1S/C15H21NO2/c1-9-5-11(3)12(6-10(9)2)15(17)13-7-18-8-14(13)16-4/h5-6,13-14,16H,7-8H2,1-4H3. The smallest absolute Gasteiger partial charge is 0.170 e. The summed E-state index contributed by atoms with van der Waals surface area (Å²) in [6.45, 7) is 7.27. The SMILES string of the molecule is CNC1COCC1C(=O)c1cc(C)c(C)cc1C. The topological polar surface area (TPSA) is 38.3 Å². The average molecular weight is 247 g/mol. The van der Waals surface area contributed by atoms with Gasteiger partial charge in [-0.05, 0) is 50.6 Å². The molecule has 0 aliphatic carbocycles. The Morgan fingerprint density at radius 1 is 1.17 bits per heavy atom. The molecule has 1 saturated heterocycles. The van der Waals surface area contributed by atoms with Crippen LogP contribution in [-0.2, 0) is 4.74 Å². The highest BCUT2D eigenvalue weighted by Crippen LogP contribution is 2.23. The van der Waals surface area contributed by atoms with Crippen LogP contribution in [0.3, 0.4) is 0 Å². The molecule has 98 valence electrons. The van der Waals surface area contributed by atoms with E-state index >= 15 is 0 Å². The first kappa shape index (κ1) is 13.2. The van der Waals surface area contributed by atoms with Crippen LogP contribution in [0.4, 0.5) is 0 Å². The van der Waals surface area contributed by atoms with E-state index in [4.69, 9.17) is 4.74 Å². The number of hydrogen-bond donors (Lipinski definition) is 1. The second-order valence-corrected chi connectivity index (χ2v) is 5.15. The Morgan fingerprint density at radius 2 is 1.83 bits per heavy atom. The molecule has 1 N–H and O–H groups in total. The summed E-state index contributed by atoms with van der Waals surface area (Å²) >= 11 is 0. The number of nitrogens with one attached hydrogen (secondary N) is 1. The second kappa shape index (κ2) is 5.21. The van der Waals surface area contributed by atoms with E-state index in [0.717, 1.165) is 11.1 Å². The number of ketones is 1. The first-order valence-corrected chi connectivity index (χ1v) is 6.41. The van der Waals surface area contributed by atoms with E-state index in [1.54, 1.807) is 0 Å². The van der Waals surface area contributed by atoms with E-state index in [0.29, 0.717) is 13.2 Å². The Labute approximate surface area is 109 Å². The van der Waals surface area contributed by atoms with Crippen molar-refractivity contribution in [3.63, 3.8) is 0 Å². The van der Waals surface area contributed by atoms with Gasteiger partial charge in [0.05, 0.1) is 19.1 Å². The normalized spacial score (nSPS) is 23.3. The zero-order valence-electron chi connectivity index (χ0n) is 11.5. The van der Waals surface area contributed by atoms with Crippen LogP contribution in [0.2, 0.25) is 0 Å². The molecule has 0 saturated carbocycles. The van der Waals surface area contributed by atoms with E-state index in [-0.39, 0.29) is 17.7 Å². The maximum atomic E-state index is 12.6. The van der Waals surface area contributed by atoms with Crippen LogP contribution in [0.15, 0.2) is 12.1 Å². The fraction of sp³-hybridized carbons (Fsp3) is 0.533. The summed E-state index contributed by atoms with van der Waals surface area (Å²) < 4.78 is 5.41. The summed E-state index contributed by atoms with van der Waals surface area (Å²) in [5.41, 5.74) is 4.31. The van der Waals surface area contributed by atoms with E-state index in [2.05, 4.69) is 18.3 Å². The van der Waals surface area contributed by atoms with Gasteiger partial charge < -0.3 is 10.1 Å². The molecule has 0 spiro atoms. The summed E-state index contributed by atoms with van der Waals surface area (Å²) in [5, 5.41) is 3.16. The Hall–Kier alpha value is -1.19. The molecule has 1 aliphatic rings. The Bertz CT molecular complexity index is 468. The Balaban J connectivity index is 2.31. The van der Waals surface area contributed by atoms with Crippen LogP contribution >= 0.6 is 0 Å². The minimum Gasteiger partial charge on any atom is -0.379 e. The van der Waals surface area contributed by atoms with E-state index < -0.39 is 0 Å². The number of Topliss-reactive ketones (excluding diaryl/α,β-unsaturated/α-hetero) is 1. The van der Waals surface area contributed by atoms with Crippen molar-refractivity contribution in [1.82, 2.24) is 5.32 Å². The Kier molecular flexibility index (Phi) is 3.83. The van der Waals surface area contributed by atoms with Crippen LogP contribution in [0.1, 0.15) is 27.0 Å². The molecular weight excluding hydrogens is 226 g/mol. The van der Waals surface area contributed by atoms with Crippen molar-refractivity contribution in [1.29, 1.82) is 0 Å². The molecule has 2 rings (SSSR count). The predicted molar refractivity (Wildman–Crippen MR) is 72.1 cm³/mol. The van der Waals surface area contributed by atoms with Crippen molar-refractivity contribution in [3.8, 4) is 0 Å². The van der Waals surface area contributed by atoms with E-state index in [1.807, 2.05) is 27.0 Å². The third kappa shape index (κ3) is 2.33. The zero-order chi connectivity index (χ0) is 13.3. The fourth-order valence-corrected chi connectivity index (χ4v) is 2.52.